The summed E-state index contributed by atoms with van der Waals surface area (Å²) in [6.07, 6.45) is 1.08. The van der Waals surface area contributed by atoms with Crippen molar-refractivity contribution in [3.63, 3.8) is 0 Å². The summed E-state index contributed by atoms with van der Waals surface area (Å²) in [5.41, 5.74) is 0.726. The number of ether oxygens (including phenoxy) is 1. The van der Waals surface area contributed by atoms with E-state index in [0.29, 0.717) is 5.56 Å². The van der Waals surface area contributed by atoms with Crippen molar-refractivity contribution in [1.82, 2.24) is 15.5 Å². The molecule has 194 valence electrons. The zero-order chi connectivity index (χ0) is 26.5. The number of carbonyl (C=O) groups excluding carboxylic acids is 3. The van der Waals surface area contributed by atoms with Crippen LogP contribution in [-0.2, 0) is 20.7 Å². The summed E-state index contributed by atoms with van der Waals surface area (Å²) in [7, 11) is 0. The van der Waals surface area contributed by atoms with Crippen LogP contribution in [0.1, 0.15) is 64.6 Å². The molecule has 2 atom stereocenters. The van der Waals surface area contributed by atoms with E-state index in [1.165, 1.54) is 12.1 Å². The number of phenols is 1. The van der Waals surface area contributed by atoms with Crippen molar-refractivity contribution in [2.45, 2.75) is 83.6 Å². The Kier molecular flexibility index (Phi) is 8.61. The van der Waals surface area contributed by atoms with Gasteiger partial charge in [0.05, 0.1) is 0 Å². The van der Waals surface area contributed by atoms with Gasteiger partial charge in [0.15, 0.2) is 0 Å². The average molecular weight is 496 g/mol. The van der Waals surface area contributed by atoms with Crippen molar-refractivity contribution in [1.29, 1.82) is 0 Å². The molecule has 1 fully saturated rings. The zero-order valence-corrected chi connectivity index (χ0v) is 21.7. The van der Waals surface area contributed by atoms with Gasteiger partial charge < -0.3 is 25.4 Å². The van der Waals surface area contributed by atoms with Crippen LogP contribution >= 0.6 is 0 Å². The molecule has 0 aromatic heterocycles. The highest BCUT2D eigenvalue weighted by Gasteiger charge is 2.44. The van der Waals surface area contributed by atoms with Crippen LogP contribution in [0.4, 0.5) is 4.79 Å². The SMILES string of the molecule is CC(C)NC(=O)C(c1ccc(O)cc1)N(C(=O)C(Cc1ccccc1)NC(=O)OC(C)(C)C)C1CC1. The number of alkyl carbamates (subject to hydrolysis) is 1. The Morgan fingerprint density at radius 1 is 1.00 bits per heavy atom. The number of hydrogen-bond donors (Lipinski definition) is 3. The summed E-state index contributed by atoms with van der Waals surface area (Å²) in [5, 5.41) is 15.5. The third-order valence-electron chi connectivity index (χ3n) is 5.63. The number of phenolic OH excluding ortho intramolecular Hbond substituents is 1. The molecule has 2 aromatic rings. The molecule has 2 aromatic carbocycles. The smallest absolute Gasteiger partial charge is 0.408 e. The van der Waals surface area contributed by atoms with E-state index in [9.17, 15) is 19.5 Å². The van der Waals surface area contributed by atoms with Gasteiger partial charge in [-0.05, 0) is 70.7 Å². The molecule has 3 amide bonds. The lowest BCUT2D eigenvalue weighted by Gasteiger charge is -2.35. The van der Waals surface area contributed by atoms with E-state index in [0.717, 1.165) is 18.4 Å². The fourth-order valence-corrected chi connectivity index (χ4v) is 4.01. The van der Waals surface area contributed by atoms with Crippen molar-refractivity contribution >= 4 is 17.9 Å². The monoisotopic (exact) mass is 495 g/mol. The molecule has 1 saturated carbocycles. The number of carbonyl (C=O) groups is 3. The predicted octanol–water partition coefficient (Wildman–Crippen LogP) is 4.08. The van der Waals surface area contributed by atoms with Crippen LogP contribution in [0.25, 0.3) is 0 Å². The first-order valence-corrected chi connectivity index (χ1v) is 12.4. The number of aromatic hydroxyl groups is 1. The van der Waals surface area contributed by atoms with Gasteiger partial charge in [-0.1, -0.05) is 42.5 Å². The average Bonchev–Trinajstić information content (AvgIpc) is 3.61. The lowest BCUT2D eigenvalue weighted by Crippen LogP contribution is -2.55. The van der Waals surface area contributed by atoms with Gasteiger partial charge >= 0.3 is 6.09 Å². The minimum atomic E-state index is -0.936. The van der Waals surface area contributed by atoms with Crippen LogP contribution in [0.2, 0.25) is 0 Å². The molecule has 1 aliphatic carbocycles. The number of rotatable bonds is 9. The van der Waals surface area contributed by atoms with E-state index < -0.39 is 23.8 Å². The minimum Gasteiger partial charge on any atom is -0.508 e. The lowest BCUT2D eigenvalue weighted by atomic mass is 9.99. The lowest BCUT2D eigenvalue weighted by molar-refractivity contribution is -0.143. The maximum atomic E-state index is 14.1. The standard InChI is InChI=1S/C28H37N3O5/c1-18(2)29-25(33)24(20-11-15-22(32)16-12-20)31(21-13-14-21)26(34)23(17-19-9-7-6-8-10-19)30-27(35)36-28(3,4)5/h6-12,15-16,18,21,23-24,32H,13-14,17H2,1-5H3,(H,29,33)(H,30,35). The van der Waals surface area contributed by atoms with Crippen LogP contribution in [0.5, 0.6) is 5.75 Å². The molecular weight excluding hydrogens is 458 g/mol. The summed E-state index contributed by atoms with van der Waals surface area (Å²) < 4.78 is 5.44. The zero-order valence-electron chi connectivity index (χ0n) is 21.7. The van der Waals surface area contributed by atoms with Gasteiger partial charge in [0, 0.05) is 18.5 Å². The van der Waals surface area contributed by atoms with E-state index in [2.05, 4.69) is 10.6 Å². The van der Waals surface area contributed by atoms with Crippen molar-refractivity contribution < 1.29 is 24.2 Å². The van der Waals surface area contributed by atoms with E-state index in [-0.39, 0.29) is 36.1 Å². The third kappa shape index (κ3) is 7.73. The van der Waals surface area contributed by atoms with Crippen LogP contribution in [0.3, 0.4) is 0 Å². The fourth-order valence-electron chi connectivity index (χ4n) is 4.01. The van der Waals surface area contributed by atoms with Crippen LogP contribution in [-0.4, -0.2) is 51.6 Å². The number of hydrogen-bond acceptors (Lipinski definition) is 5. The van der Waals surface area contributed by atoms with Gasteiger partial charge in [-0.25, -0.2) is 4.79 Å². The highest BCUT2D eigenvalue weighted by atomic mass is 16.6. The third-order valence-corrected chi connectivity index (χ3v) is 5.63. The molecule has 0 aliphatic heterocycles. The van der Waals surface area contributed by atoms with Gasteiger partial charge in [-0.3, -0.25) is 9.59 Å². The van der Waals surface area contributed by atoms with Gasteiger partial charge in [-0.15, -0.1) is 0 Å². The Hall–Kier alpha value is -3.55. The van der Waals surface area contributed by atoms with Gasteiger partial charge in [0.25, 0.3) is 0 Å². The summed E-state index contributed by atoms with van der Waals surface area (Å²) >= 11 is 0. The van der Waals surface area contributed by atoms with Crippen LogP contribution in [0, 0.1) is 0 Å². The first kappa shape index (κ1) is 27.0. The van der Waals surface area contributed by atoms with Crippen molar-refractivity contribution in [2.24, 2.45) is 0 Å². The summed E-state index contributed by atoms with van der Waals surface area (Å²) in [4.78, 5) is 41.9. The Labute approximate surface area is 213 Å². The summed E-state index contributed by atoms with van der Waals surface area (Å²) in [6.45, 7) is 8.99. The second-order valence-corrected chi connectivity index (χ2v) is 10.5. The van der Waals surface area contributed by atoms with E-state index >= 15 is 0 Å². The van der Waals surface area contributed by atoms with Gasteiger partial charge in [-0.2, -0.15) is 0 Å². The summed E-state index contributed by atoms with van der Waals surface area (Å²) in [5.74, 6) is -0.601. The quantitative estimate of drug-likeness (QED) is 0.486. The molecule has 0 saturated heterocycles. The van der Waals surface area contributed by atoms with E-state index in [1.54, 1.807) is 37.8 Å². The molecule has 2 unspecified atom stereocenters. The first-order chi connectivity index (χ1) is 16.9. The topological polar surface area (TPSA) is 108 Å². The maximum absolute atomic E-state index is 14.1. The highest BCUT2D eigenvalue weighted by Crippen LogP contribution is 2.36. The largest absolute Gasteiger partial charge is 0.508 e. The number of amides is 3. The molecule has 3 N–H and O–H groups in total. The maximum Gasteiger partial charge on any atom is 0.408 e. The normalized spacial score (nSPS) is 15.1. The fraction of sp³-hybridized carbons (Fsp3) is 0.464. The molecule has 0 bridgehead atoms. The van der Waals surface area contributed by atoms with Gasteiger partial charge in [0.1, 0.15) is 23.4 Å². The van der Waals surface area contributed by atoms with E-state index in [4.69, 9.17) is 4.74 Å². The molecular formula is C28H37N3O5. The van der Waals surface area contributed by atoms with Crippen molar-refractivity contribution in [2.75, 3.05) is 0 Å². The minimum absolute atomic E-state index is 0.0691. The van der Waals surface area contributed by atoms with Crippen molar-refractivity contribution in [3.05, 3.63) is 65.7 Å². The molecule has 0 spiro atoms. The number of nitrogens with zero attached hydrogens (tertiary/aromatic N) is 1. The molecule has 3 rings (SSSR count). The van der Waals surface area contributed by atoms with Crippen LogP contribution < -0.4 is 10.6 Å². The molecule has 8 nitrogen and oxygen atoms in total. The Morgan fingerprint density at radius 3 is 2.14 bits per heavy atom. The predicted molar refractivity (Wildman–Crippen MR) is 137 cm³/mol. The molecule has 8 heteroatoms. The van der Waals surface area contributed by atoms with Crippen LogP contribution in [0.15, 0.2) is 54.6 Å². The van der Waals surface area contributed by atoms with Crippen molar-refractivity contribution in [3.8, 4) is 5.75 Å². The highest BCUT2D eigenvalue weighted by molar-refractivity contribution is 5.92. The molecule has 0 radical (unpaired) electrons. The Morgan fingerprint density at radius 2 is 1.61 bits per heavy atom. The Balaban J connectivity index is 1.98. The second kappa shape index (κ2) is 11.5. The first-order valence-electron chi connectivity index (χ1n) is 12.4. The molecule has 1 aliphatic rings. The summed E-state index contributed by atoms with van der Waals surface area (Å²) in [6, 6.07) is 13.6. The molecule has 36 heavy (non-hydrogen) atoms. The van der Waals surface area contributed by atoms with Gasteiger partial charge in [0.2, 0.25) is 11.8 Å². The number of nitrogens with one attached hydrogen (secondary N) is 2. The molecule has 0 heterocycles. The Bertz CT molecular complexity index is 1040. The second-order valence-electron chi connectivity index (χ2n) is 10.5. The number of benzene rings is 2. The van der Waals surface area contributed by atoms with E-state index in [1.807, 2.05) is 44.2 Å².